The van der Waals surface area contributed by atoms with Crippen molar-refractivity contribution in [2.75, 3.05) is 6.26 Å². The van der Waals surface area contributed by atoms with Crippen LogP contribution in [0.5, 0.6) is 0 Å². The number of hydrogen-bond donors (Lipinski definition) is 0. The van der Waals surface area contributed by atoms with Crippen LogP contribution in [0.2, 0.25) is 0 Å². The van der Waals surface area contributed by atoms with Crippen LogP contribution >= 0.6 is 11.3 Å². The summed E-state index contributed by atoms with van der Waals surface area (Å²) in [6, 6.07) is 0. The maximum Gasteiger partial charge on any atom is 0.180 e. The summed E-state index contributed by atoms with van der Waals surface area (Å²) in [5.74, 6) is 0. The molecule has 0 saturated carbocycles. The van der Waals surface area contributed by atoms with Crippen molar-refractivity contribution in [1.29, 1.82) is 0 Å². The first-order valence-electron chi connectivity index (χ1n) is 3.71. The lowest BCUT2D eigenvalue weighted by atomic mass is 9.96. The molecule has 0 saturated heterocycles. The van der Waals surface area contributed by atoms with Crippen molar-refractivity contribution in [3.63, 3.8) is 0 Å². The van der Waals surface area contributed by atoms with E-state index in [1.165, 1.54) is 16.2 Å². The summed E-state index contributed by atoms with van der Waals surface area (Å²) >= 11 is 1.54. The highest BCUT2D eigenvalue weighted by atomic mass is 32.2. The monoisotopic (exact) mass is 203 g/mol. The highest BCUT2D eigenvalue weighted by molar-refractivity contribution is 7.86. The van der Waals surface area contributed by atoms with Crippen LogP contribution in [0.3, 0.4) is 0 Å². The van der Waals surface area contributed by atoms with Crippen LogP contribution < -0.4 is 0 Å². The normalized spacial score (nSPS) is 14.7. The Kier molecular flexibility index (Phi) is 2.68. The van der Waals surface area contributed by atoms with Crippen molar-refractivity contribution in [2.24, 2.45) is 0 Å². The Labute approximate surface area is 79.5 Å². The summed E-state index contributed by atoms with van der Waals surface area (Å²) in [5, 5.41) is 0. The van der Waals surface area contributed by atoms with Gasteiger partial charge in [0.25, 0.3) is 0 Å². The van der Waals surface area contributed by atoms with Crippen molar-refractivity contribution in [2.45, 2.75) is 30.5 Å². The van der Waals surface area contributed by atoms with Crippen LogP contribution in [-0.2, 0) is 16.2 Å². The summed E-state index contributed by atoms with van der Waals surface area (Å²) in [5.41, 5.74) is 0.120. The highest BCUT2D eigenvalue weighted by Gasteiger charge is 2.17. The van der Waals surface area contributed by atoms with Gasteiger partial charge in [0.15, 0.2) is 4.34 Å². The fourth-order valence-electron chi connectivity index (χ4n) is 0.738. The van der Waals surface area contributed by atoms with Crippen molar-refractivity contribution < 1.29 is 4.21 Å². The topological polar surface area (TPSA) is 30.0 Å². The SMILES string of the molecule is CS(=O)c1ncc(C(C)(C)C)s1. The third kappa shape index (κ3) is 2.14. The van der Waals surface area contributed by atoms with Gasteiger partial charge in [0.1, 0.15) is 0 Å². The molecule has 1 rings (SSSR count). The van der Waals surface area contributed by atoms with E-state index in [1.807, 2.05) is 6.20 Å². The number of nitrogens with zero attached hydrogens (tertiary/aromatic N) is 1. The minimum absolute atomic E-state index is 0.120. The van der Waals surface area contributed by atoms with Crippen LogP contribution in [0, 0.1) is 0 Å². The van der Waals surface area contributed by atoms with Gasteiger partial charge in [-0.3, -0.25) is 4.21 Å². The first-order chi connectivity index (χ1) is 5.41. The molecule has 0 aliphatic rings. The van der Waals surface area contributed by atoms with Crippen molar-refractivity contribution in [3.05, 3.63) is 11.1 Å². The van der Waals surface area contributed by atoms with E-state index in [-0.39, 0.29) is 5.41 Å². The van der Waals surface area contributed by atoms with Gasteiger partial charge in [-0.1, -0.05) is 20.8 Å². The summed E-state index contributed by atoms with van der Waals surface area (Å²) in [4.78, 5) is 5.29. The molecular weight excluding hydrogens is 190 g/mol. The molecule has 2 nitrogen and oxygen atoms in total. The smallest absolute Gasteiger partial charge is 0.180 e. The summed E-state index contributed by atoms with van der Waals surface area (Å²) in [7, 11) is -0.936. The molecule has 0 amide bonds. The number of thiazole rings is 1. The summed E-state index contributed by atoms with van der Waals surface area (Å²) in [6.45, 7) is 6.38. The van der Waals surface area contributed by atoms with E-state index in [9.17, 15) is 4.21 Å². The van der Waals surface area contributed by atoms with Crippen LogP contribution in [0.25, 0.3) is 0 Å². The zero-order valence-electron chi connectivity index (χ0n) is 7.75. The second-order valence-corrected chi connectivity index (χ2v) is 6.28. The van der Waals surface area contributed by atoms with Crippen molar-refractivity contribution >= 4 is 22.1 Å². The molecule has 68 valence electrons. The van der Waals surface area contributed by atoms with E-state index in [4.69, 9.17) is 0 Å². The largest absolute Gasteiger partial charge is 0.252 e. The fourth-order valence-corrected chi connectivity index (χ4v) is 2.38. The van der Waals surface area contributed by atoms with Crippen LogP contribution in [0.4, 0.5) is 0 Å². The number of rotatable bonds is 1. The molecule has 1 heterocycles. The van der Waals surface area contributed by atoms with Gasteiger partial charge in [-0.2, -0.15) is 0 Å². The Morgan fingerprint density at radius 2 is 2.08 bits per heavy atom. The van der Waals surface area contributed by atoms with Crippen LogP contribution in [0.1, 0.15) is 25.6 Å². The van der Waals surface area contributed by atoms with Crippen molar-refractivity contribution in [1.82, 2.24) is 4.98 Å². The van der Waals surface area contributed by atoms with Gasteiger partial charge in [0.05, 0.1) is 10.8 Å². The van der Waals surface area contributed by atoms with E-state index >= 15 is 0 Å². The minimum Gasteiger partial charge on any atom is -0.252 e. The molecule has 12 heavy (non-hydrogen) atoms. The van der Waals surface area contributed by atoms with Gasteiger partial charge < -0.3 is 0 Å². The van der Waals surface area contributed by atoms with Crippen LogP contribution in [0.15, 0.2) is 10.5 Å². The molecule has 0 fully saturated rings. The zero-order chi connectivity index (χ0) is 9.35. The van der Waals surface area contributed by atoms with Gasteiger partial charge in [-0.25, -0.2) is 4.98 Å². The predicted octanol–water partition coefficient (Wildman–Crippen LogP) is 2.18. The summed E-state index contributed by atoms with van der Waals surface area (Å²) < 4.78 is 11.8. The minimum atomic E-state index is -0.936. The maximum absolute atomic E-state index is 11.0. The van der Waals surface area contributed by atoms with E-state index in [0.717, 1.165) is 4.34 Å². The molecule has 0 aliphatic heterocycles. The lowest BCUT2D eigenvalue weighted by molar-refractivity contribution is 0.602. The van der Waals surface area contributed by atoms with E-state index in [1.54, 1.807) is 6.26 Å². The quantitative estimate of drug-likeness (QED) is 0.700. The number of hydrogen-bond acceptors (Lipinski definition) is 3. The van der Waals surface area contributed by atoms with Gasteiger partial charge >= 0.3 is 0 Å². The molecule has 0 radical (unpaired) electrons. The molecule has 1 atom stereocenters. The molecule has 1 unspecified atom stereocenters. The third-order valence-electron chi connectivity index (χ3n) is 1.47. The van der Waals surface area contributed by atoms with E-state index in [2.05, 4.69) is 25.8 Å². The van der Waals surface area contributed by atoms with Crippen molar-refractivity contribution in [3.8, 4) is 0 Å². The van der Waals surface area contributed by atoms with Gasteiger partial charge in [0, 0.05) is 17.3 Å². The zero-order valence-corrected chi connectivity index (χ0v) is 9.38. The Morgan fingerprint density at radius 1 is 1.50 bits per heavy atom. The maximum atomic E-state index is 11.0. The number of aromatic nitrogens is 1. The molecule has 0 bridgehead atoms. The molecule has 1 aromatic heterocycles. The summed E-state index contributed by atoms with van der Waals surface area (Å²) in [6.07, 6.45) is 3.48. The Morgan fingerprint density at radius 3 is 2.33 bits per heavy atom. The fraction of sp³-hybridized carbons (Fsp3) is 0.625. The predicted molar refractivity (Wildman–Crippen MR) is 53.1 cm³/mol. The van der Waals surface area contributed by atoms with Gasteiger partial charge in [0.2, 0.25) is 0 Å². The molecular formula is C8H13NOS2. The molecule has 0 spiro atoms. The van der Waals surface area contributed by atoms with Crippen LogP contribution in [-0.4, -0.2) is 15.4 Å². The average molecular weight is 203 g/mol. The Hall–Kier alpha value is -0.220. The molecule has 0 N–H and O–H groups in total. The van der Waals surface area contributed by atoms with Gasteiger partial charge in [-0.15, -0.1) is 11.3 Å². The second kappa shape index (κ2) is 3.26. The average Bonchev–Trinajstić information content (AvgIpc) is 2.30. The lowest BCUT2D eigenvalue weighted by Gasteiger charge is -2.14. The third-order valence-corrected chi connectivity index (χ3v) is 4.24. The highest BCUT2D eigenvalue weighted by Crippen LogP contribution is 2.28. The standard InChI is InChI=1S/C8H13NOS2/c1-8(2,3)6-5-9-7(11-6)12(4)10/h5H,1-4H3. The van der Waals surface area contributed by atoms with Gasteiger partial charge in [-0.05, 0) is 5.41 Å². The molecule has 0 aromatic carbocycles. The first-order valence-corrected chi connectivity index (χ1v) is 6.08. The molecule has 0 aliphatic carbocycles. The second-order valence-electron chi connectivity index (χ2n) is 3.69. The lowest BCUT2D eigenvalue weighted by Crippen LogP contribution is -2.07. The van der Waals surface area contributed by atoms with E-state index in [0.29, 0.717) is 0 Å². The first kappa shape index (κ1) is 9.86. The Balaban J connectivity index is 3.00. The molecule has 4 heteroatoms. The van der Waals surface area contributed by atoms with E-state index < -0.39 is 10.8 Å². The molecule has 1 aromatic rings. The Bertz CT molecular complexity index is 298.